The maximum atomic E-state index is 5.60. The predicted octanol–water partition coefficient (Wildman–Crippen LogP) is 2.34. The van der Waals surface area contributed by atoms with E-state index in [9.17, 15) is 0 Å². The first kappa shape index (κ1) is 12.4. The quantitative estimate of drug-likeness (QED) is 0.843. The van der Waals surface area contributed by atoms with Crippen molar-refractivity contribution in [3.05, 3.63) is 5.89 Å². The molecule has 2 rings (SSSR count). The highest BCUT2D eigenvalue weighted by atomic mass is 16.4. The van der Waals surface area contributed by atoms with Crippen molar-refractivity contribution in [1.29, 1.82) is 0 Å². The highest BCUT2D eigenvalue weighted by molar-refractivity contribution is 5.22. The van der Waals surface area contributed by atoms with Crippen LogP contribution in [-0.2, 0) is 0 Å². The second-order valence-corrected chi connectivity index (χ2v) is 5.53. The van der Waals surface area contributed by atoms with Crippen LogP contribution < -0.4 is 10.6 Å². The van der Waals surface area contributed by atoms with E-state index >= 15 is 0 Å². The average Bonchev–Trinajstić information content (AvgIpc) is 2.86. The number of hydrogen-bond acceptors (Lipinski definition) is 5. The number of rotatable bonds is 4. The van der Waals surface area contributed by atoms with Crippen molar-refractivity contribution < 1.29 is 4.42 Å². The summed E-state index contributed by atoms with van der Waals surface area (Å²) in [6.07, 6.45) is 3.68. The van der Waals surface area contributed by atoms with Gasteiger partial charge in [-0.3, -0.25) is 0 Å². The largest absolute Gasteiger partial charge is 0.406 e. The molecule has 1 aliphatic carbocycles. The third-order valence-corrected chi connectivity index (χ3v) is 3.80. The SMILES string of the molecule is CNC(C)c1nnc(NC2CCCC2(C)C)o1. The van der Waals surface area contributed by atoms with Gasteiger partial charge in [0.05, 0.1) is 6.04 Å². The van der Waals surface area contributed by atoms with E-state index in [0.29, 0.717) is 23.4 Å². The van der Waals surface area contributed by atoms with E-state index in [1.165, 1.54) is 19.3 Å². The van der Waals surface area contributed by atoms with E-state index in [1.807, 2.05) is 14.0 Å². The van der Waals surface area contributed by atoms with Crippen LogP contribution >= 0.6 is 0 Å². The zero-order valence-electron chi connectivity index (χ0n) is 11.1. The lowest BCUT2D eigenvalue weighted by Gasteiger charge is -2.26. The second-order valence-electron chi connectivity index (χ2n) is 5.53. The molecule has 0 amide bonds. The maximum absolute atomic E-state index is 5.60. The fourth-order valence-corrected chi connectivity index (χ4v) is 2.33. The normalized spacial score (nSPS) is 24.8. The van der Waals surface area contributed by atoms with Gasteiger partial charge in [-0.15, -0.1) is 5.10 Å². The van der Waals surface area contributed by atoms with E-state index in [1.54, 1.807) is 0 Å². The third-order valence-electron chi connectivity index (χ3n) is 3.80. The van der Waals surface area contributed by atoms with Gasteiger partial charge in [-0.2, -0.15) is 0 Å². The molecule has 1 aliphatic rings. The van der Waals surface area contributed by atoms with Gasteiger partial charge in [-0.25, -0.2) is 0 Å². The molecule has 96 valence electrons. The van der Waals surface area contributed by atoms with Crippen LogP contribution in [0.5, 0.6) is 0 Å². The summed E-state index contributed by atoms with van der Waals surface area (Å²) in [4.78, 5) is 0. The fourth-order valence-electron chi connectivity index (χ4n) is 2.33. The summed E-state index contributed by atoms with van der Waals surface area (Å²) in [5, 5.41) is 14.5. The summed E-state index contributed by atoms with van der Waals surface area (Å²) in [6, 6.07) is 1.07. The molecule has 0 radical (unpaired) electrons. The van der Waals surface area contributed by atoms with Crippen molar-refractivity contribution in [2.75, 3.05) is 12.4 Å². The Kier molecular flexibility index (Phi) is 3.38. The highest BCUT2D eigenvalue weighted by Crippen LogP contribution is 2.38. The Morgan fingerprint density at radius 1 is 1.41 bits per heavy atom. The lowest BCUT2D eigenvalue weighted by Crippen LogP contribution is -2.30. The Hall–Kier alpha value is -1.10. The van der Waals surface area contributed by atoms with E-state index in [4.69, 9.17) is 4.42 Å². The maximum Gasteiger partial charge on any atom is 0.315 e. The number of hydrogen-bond donors (Lipinski definition) is 2. The third kappa shape index (κ3) is 2.60. The topological polar surface area (TPSA) is 63.0 Å². The van der Waals surface area contributed by atoms with E-state index < -0.39 is 0 Å². The minimum atomic E-state index is 0.0923. The van der Waals surface area contributed by atoms with Crippen molar-refractivity contribution in [3.63, 3.8) is 0 Å². The summed E-state index contributed by atoms with van der Waals surface area (Å²) < 4.78 is 5.60. The molecular weight excluding hydrogens is 216 g/mol. The minimum Gasteiger partial charge on any atom is -0.406 e. The summed E-state index contributed by atoms with van der Waals surface area (Å²) in [6.45, 7) is 6.56. The van der Waals surface area contributed by atoms with Gasteiger partial charge in [0.1, 0.15) is 0 Å². The van der Waals surface area contributed by atoms with Gasteiger partial charge in [-0.05, 0) is 32.2 Å². The molecule has 1 heterocycles. The number of anilines is 1. The number of aromatic nitrogens is 2. The summed E-state index contributed by atoms with van der Waals surface area (Å²) in [5.74, 6) is 0.630. The van der Waals surface area contributed by atoms with Gasteiger partial charge >= 0.3 is 6.01 Å². The summed E-state index contributed by atoms with van der Waals surface area (Å²) >= 11 is 0. The van der Waals surface area contributed by atoms with Crippen molar-refractivity contribution in [2.45, 2.75) is 52.1 Å². The Labute approximate surface area is 102 Å². The molecule has 0 saturated heterocycles. The van der Waals surface area contributed by atoms with E-state index in [2.05, 4.69) is 34.7 Å². The van der Waals surface area contributed by atoms with Crippen molar-refractivity contribution in [3.8, 4) is 0 Å². The van der Waals surface area contributed by atoms with Gasteiger partial charge in [0.25, 0.3) is 0 Å². The molecule has 1 fully saturated rings. The highest BCUT2D eigenvalue weighted by Gasteiger charge is 2.35. The van der Waals surface area contributed by atoms with Crippen molar-refractivity contribution in [2.24, 2.45) is 5.41 Å². The molecule has 5 heteroatoms. The molecule has 0 aliphatic heterocycles. The molecule has 1 saturated carbocycles. The lowest BCUT2D eigenvalue weighted by atomic mass is 9.87. The molecule has 2 unspecified atom stereocenters. The van der Waals surface area contributed by atoms with Crippen LogP contribution in [0.1, 0.15) is 52.0 Å². The molecule has 2 atom stereocenters. The predicted molar refractivity (Wildman–Crippen MR) is 66.8 cm³/mol. The Morgan fingerprint density at radius 3 is 2.76 bits per heavy atom. The zero-order valence-corrected chi connectivity index (χ0v) is 11.1. The van der Waals surface area contributed by atoms with Crippen LogP contribution in [0.3, 0.4) is 0 Å². The standard InChI is InChI=1S/C12H22N4O/c1-8(13-4)10-15-16-11(17-10)14-9-6-5-7-12(9,2)3/h8-9,13H,5-7H2,1-4H3,(H,14,16). The number of nitrogens with one attached hydrogen (secondary N) is 2. The number of nitrogens with zero attached hydrogens (tertiary/aromatic N) is 2. The second kappa shape index (κ2) is 4.64. The summed E-state index contributed by atoms with van der Waals surface area (Å²) in [7, 11) is 1.88. The van der Waals surface area contributed by atoms with Crippen LogP contribution in [0.2, 0.25) is 0 Å². The van der Waals surface area contributed by atoms with Gasteiger partial charge in [0, 0.05) is 6.04 Å². The Bertz CT molecular complexity index is 374. The molecule has 1 aromatic rings. The minimum absolute atomic E-state index is 0.0923. The summed E-state index contributed by atoms with van der Waals surface area (Å²) in [5.41, 5.74) is 0.309. The monoisotopic (exact) mass is 238 g/mol. The van der Waals surface area contributed by atoms with Crippen LogP contribution in [-0.4, -0.2) is 23.3 Å². The first-order chi connectivity index (χ1) is 8.03. The van der Waals surface area contributed by atoms with E-state index in [-0.39, 0.29) is 6.04 Å². The van der Waals surface area contributed by atoms with Crippen molar-refractivity contribution >= 4 is 6.01 Å². The van der Waals surface area contributed by atoms with Crippen molar-refractivity contribution in [1.82, 2.24) is 15.5 Å². The first-order valence-electron chi connectivity index (χ1n) is 6.30. The lowest BCUT2D eigenvalue weighted by molar-refractivity contribution is 0.341. The Morgan fingerprint density at radius 2 is 2.18 bits per heavy atom. The molecule has 0 spiro atoms. The van der Waals surface area contributed by atoms with Crippen LogP contribution in [0, 0.1) is 5.41 Å². The van der Waals surface area contributed by atoms with Crippen LogP contribution in [0.25, 0.3) is 0 Å². The van der Waals surface area contributed by atoms with Crippen LogP contribution in [0.4, 0.5) is 6.01 Å². The molecule has 2 N–H and O–H groups in total. The first-order valence-corrected chi connectivity index (χ1v) is 6.30. The van der Waals surface area contributed by atoms with Crippen LogP contribution in [0.15, 0.2) is 4.42 Å². The molecule has 0 bridgehead atoms. The molecule has 17 heavy (non-hydrogen) atoms. The average molecular weight is 238 g/mol. The van der Waals surface area contributed by atoms with Gasteiger partial charge in [0.2, 0.25) is 5.89 Å². The van der Waals surface area contributed by atoms with Gasteiger partial charge in [0.15, 0.2) is 0 Å². The molecular formula is C12H22N4O. The fraction of sp³-hybridized carbons (Fsp3) is 0.833. The molecule has 5 nitrogen and oxygen atoms in total. The van der Waals surface area contributed by atoms with E-state index in [0.717, 1.165) is 0 Å². The Balaban J connectivity index is 2.02. The van der Waals surface area contributed by atoms with Gasteiger partial charge in [-0.1, -0.05) is 25.4 Å². The molecule has 1 aromatic heterocycles. The molecule has 0 aromatic carbocycles. The zero-order chi connectivity index (χ0) is 12.5. The van der Waals surface area contributed by atoms with Gasteiger partial charge < -0.3 is 15.1 Å². The smallest absolute Gasteiger partial charge is 0.315 e.